The monoisotopic (exact) mass is 248 g/mol. The average molecular weight is 248 g/mol. The van der Waals surface area contributed by atoms with Gasteiger partial charge in [0, 0.05) is 13.1 Å². The van der Waals surface area contributed by atoms with Gasteiger partial charge in [0.1, 0.15) is 10.6 Å². The first-order chi connectivity index (χ1) is 8.28. The van der Waals surface area contributed by atoms with Crippen molar-refractivity contribution in [3.8, 4) is 0 Å². The van der Waals surface area contributed by atoms with E-state index in [4.69, 9.17) is 0 Å². The molecular weight excluding hydrogens is 232 g/mol. The predicted molar refractivity (Wildman–Crippen MR) is 72.8 cm³/mol. The van der Waals surface area contributed by atoms with Crippen LogP contribution in [0.2, 0.25) is 0 Å². The standard InChI is InChI=1S/C12H16N4S/c1-7(8-3-4-8)14-10-9-5-6-17-11(9)16-12(13-2)15-10/h5-8H,3-4H2,1-2H3,(H2,13,14,15,16). The molecule has 0 saturated heterocycles. The van der Waals surface area contributed by atoms with Crippen molar-refractivity contribution >= 4 is 33.3 Å². The van der Waals surface area contributed by atoms with E-state index in [1.165, 1.54) is 12.8 Å². The van der Waals surface area contributed by atoms with Crippen molar-refractivity contribution in [3.05, 3.63) is 11.4 Å². The molecular formula is C12H16N4S. The van der Waals surface area contributed by atoms with E-state index in [0.717, 1.165) is 22.0 Å². The molecule has 2 aromatic heterocycles. The van der Waals surface area contributed by atoms with E-state index >= 15 is 0 Å². The second-order valence-electron chi connectivity index (χ2n) is 4.56. The maximum atomic E-state index is 4.52. The minimum absolute atomic E-state index is 0.498. The molecule has 0 amide bonds. The lowest BCUT2D eigenvalue weighted by atomic mass is 10.2. The summed E-state index contributed by atoms with van der Waals surface area (Å²) in [6, 6.07) is 2.58. The van der Waals surface area contributed by atoms with Crippen LogP contribution in [0.3, 0.4) is 0 Å². The van der Waals surface area contributed by atoms with Gasteiger partial charge in [-0.15, -0.1) is 11.3 Å². The van der Waals surface area contributed by atoms with Crippen LogP contribution in [0, 0.1) is 5.92 Å². The maximum absolute atomic E-state index is 4.52. The molecule has 2 heterocycles. The molecule has 1 aliphatic carbocycles. The van der Waals surface area contributed by atoms with E-state index < -0.39 is 0 Å². The van der Waals surface area contributed by atoms with Gasteiger partial charge in [0.2, 0.25) is 5.95 Å². The van der Waals surface area contributed by atoms with Crippen LogP contribution in [0.4, 0.5) is 11.8 Å². The Kier molecular flexibility index (Phi) is 2.63. The van der Waals surface area contributed by atoms with Gasteiger partial charge in [-0.25, -0.2) is 4.98 Å². The minimum atomic E-state index is 0.498. The lowest BCUT2D eigenvalue weighted by molar-refractivity contribution is 0.691. The van der Waals surface area contributed by atoms with Crippen molar-refractivity contribution in [2.45, 2.75) is 25.8 Å². The fourth-order valence-electron chi connectivity index (χ4n) is 2.01. The number of nitrogens with one attached hydrogen (secondary N) is 2. The number of hydrogen-bond acceptors (Lipinski definition) is 5. The first-order valence-corrected chi connectivity index (χ1v) is 6.85. The van der Waals surface area contributed by atoms with Gasteiger partial charge in [-0.2, -0.15) is 4.98 Å². The molecule has 0 radical (unpaired) electrons. The summed E-state index contributed by atoms with van der Waals surface area (Å²) < 4.78 is 0. The summed E-state index contributed by atoms with van der Waals surface area (Å²) in [5.74, 6) is 2.46. The molecule has 4 nitrogen and oxygen atoms in total. The van der Waals surface area contributed by atoms with Gasteiger partial charge >= 0.3 is 0 Å². The molecule has 0 aliphatic heterocycles. The molecule has 2 N–H and O–H groups in total. The van der Waals surface area contributed by atoms with Crippen LogP contribution in [0.1, 0.15) is 19.8 Å². The van der Waals surface area contributed by atoms with Gasteiger partial charge in [-0.3, -0.25) is 0 Å². The Balaban J connectivity index is 1.97. The van der Waals surface area contributed by atoms with Gasteiger partial charge in [0.05, 0.1) is 5.39 Å². The molecule has 2 aromatic rings. The van der Waals surface area contributed by atoms with Crippen LogP contribution in [-0.4, -0.2) is 23.1 Å². The number of hydrogen-bond donors (Lipinski definition) is 2. The van der Waals surface area contributed by atoms with E-state index in [1.807, 2.05) is 7.05 Å². The summed E-state index contributed by atoms with van der Waals surface area (Å²) in [7, 11) is 1.85. The smallest absolute Gasteiger partial charge is 0.225 e. The lowest BCUT2D eigenvalue weighted by Gasteiger charge is -2.14. The van der Waals surface area contributed by atoms with Crippen molar-refractivity contribution in [1.82, 2.24) is 9.97 Å². The van der Waals surface area contributed by atoms with Gasteiger partial charge in [0.25, 0.3) is 0 Å². The zero-order valence-corrected chi connectivity index (χ0v) is 10.8. The number of aromatic nitrogens is 2. The summed E-state index contributed by atoms with van der Waals surface area (Å²) in [5.41, 5.74) is 0. The van der Waals surface area contributed by atoms with Crippen LogP contribution < -0.4 is 10.6 Å². The highest BCUT2D eigenvalue weighted by molar-refractivity contribution is 7.16. The molecule has 3 rings (SSSR count). The number of rotatable bonds is 4. The zero-order chi connectivity index (χ0) is 11.8. The quantitative estimate of drug-likeness (QED) is 0.873. The third kappa shape index (κ3) is 2.07. The Hall–Kier alpha value is -1.36. The molecule has 0 spiro atoms. The second kappa shape index (κ2) is 4.14. The Morgan fingerprint density at radius 3 is 2.94 bits per heavy atom. The lowest BCUT2D eigenvalue weighted by Crippen LogP contribution is -2.18. The number of fused-ring (bicyclic) bond motifs is 1. The average Bonchev–Trinajstić information content (AvgIpc) is 3.07. The molecule has 5 heteroatoms. The summed E-state index contributed by atoms with van der Waals surface area (Å²) in [5, 5.41) is 9.72. The first-order valence-electron chi connectivity index (χ1n) is 5.97. The van der Waals surface area contributed by atoms with Crippen molar-refractivity contribution in [3.63, 3.8) is 0 Å². The first kappa shape index (κ1) is 10.8. The molecule has 17 heavy (non-hydrogen) atoms. The van der Waals surface area contributed by atoms with Gasteiger partial charge in [-0.05, 0) is 37.1 Å². The molecule has 1 unspecified atom stereocenters. The highest BCUT2D eigenvalue weighted by Crippen LogP contribution is 2.35. The van der Waals surface area contributed by atoms with E-state index in [-0.39, 0.29) is 0 Å². The van der Waals surface area contributed by atoms with E-state index in [2.05, 4.69) is 39.0 Å². The van der Waals surface area contributed by atoms with E-state index in [1.54, 1.807) is 11.3 Å². The van der Waals surface area contributed by atoms with Crippen molar-refractivity contribution in [1.29, 1.82) is 0 Å². The van der Waals surface area contributed by atoms with Gasteiger partial charge < -0.3 is 10.6 Å². The minimum Gasteiger partial charge on any atom is -0.367 e. The summed E-state index contributed by atoms with van der Waals surface area (Å²) >= 11 is 1.65. The Bertz CT molecular complexity index is 532. The van der Waals surface area contributed by atoms with Gasteiger partial charge in [0.15, 0.2) is 0 Å². The Labute approximate surface area is 104 Å². The van der Waals surface area contributed by atoms with Crippen LogP contribution >= 0.6 is 11.3 Å². The van der Waals surface area contributed by atoms with Crippen molar-refractivity contribution in [2.24, 2.45) is 5.92 Å². The van der Waals surface area contributed by atoms with Crippen LogP contribution in [0.15, 0.2) is 11.4 Å². The number of anilines is 2. The number of thiophene rings is 1. The summed E-state index contributed by atoms with van der Waals surface area (Å²) in [6.45, 7) is 2.23. The van der Waals surface area contributed by atoms with Crippen LogP contribution in [-0.2, 0) is 0 Å². The van der Waals surface area contributed by atoms with E-state index in [9.17, 15) is 0 Å². The van der Waals surface area contributed by atoms with Gasteiger partial charge in [-0.1, -0.05) is 0 Å². The maximum Gasteiger partial charge on any atom is 0.225 e. The zero-order valence-electron chi connectivity index (χ0n) is 10.0. The molecule has 1 aliphatic rings. The molecule has 0 aromatic carbocycles. The Morgan fingerprint density at radius 2 is 2.24 bits per heavy atom. The van der Waals surface area contributed by atoms with Crippen molar-refractivity contribution in [2.75, 3.05) is 17.7 Å². The van der Waals surface area contributed by atoms with E-state index in [0.29, 0.717) is 12.0 Å². The SMILES string of the molecule is CNc1nc(NC(C)C2CC2)c2ccsc2n1. The molecule has 90 valence electrons. The number of nitrogens with zero attached hydrogens (tertiary/aromatic N) is 2. The molecule has 1 saturated carbocycles. The fourth-order valence-corrected chi connectivity index (χ4v) is 2.77. The van der Waals surface area contributed by atoms with Crippen LogP contribution in [0.25, 0.3) is 10.2 Å². The summed E-state index contributed by atoms with van der Waals surface area (Å²) in [6.07, 6.45) is 2.68. The fraction of sp³-hybridized carbons (Fsp3) is 0.500. The third-order valence-corrected chi connectivity index (χ3v) is 4.05. The predicted octanol–water partition coefficient (Wildman–Crippen LogP) is 2.94. The Morgan fingerprint density at radius 1 is 1.41 bits per heavy atom. The second-order valence-corrected chi connectivity index (χ2v) is 5.45. The topological polar surface area (TPSA) is 49.8 Å². The summed E-state index contributed by atoms with van der Waals surface area (Å²) in [4.78, 5) is 9.99. The largest absolute Gasteiger partial charge is 0.367 e. The molecule has 1 fully saturated rings. The highest BCUT2D eigenvalue weighted by atomic mass is 32.1. The molecule has 1 atom stereocenters. The third-order valence-electron chi connectivity index (χ3n) is 3.24. The highest BCUT2D eigenvalue weighted by Gasteiger charge is 2.28. The van der Waals surface area contributed by atoms with Crippen molar-refractivity contribution < 1.29 is 0 Å². The normalized spacial score (nSPS) is 17.1. The molecule has 0 bridgehead atoms. The van der Waals surface area contributed by atoms with Crippen LogP contribution in [0.5, 0.6) is 0 Å².